The van der Waals surface area contributed by atoms with Crippen molar-refractivity contribution in [1.82, 2.24) is 0 Å². The van der Waals surface area contributed by atoms with Gasteiger partial charge in [-0.25, -0.2) is 0 Å². The summed E-state index contributed by atoms with van der Waals surface area (Å²) in [6, 6.07) is 4.31. The smallest absolute Gasteiger partial charge is 0.437 e. The third-order valence-electron chi connectivity index (χ3n) is 2.11. The Balaban J connectivity index is 2.74. The van der Waals surface area contributed by atoms with Crippen LogP contribution in [0.4, 0.5) is 13.2 Å². The maximum Gasteiger partial charge on any atom is 0.437 e. The summed E-state index contributed by atoms with van der Waals surface area (Å²) in [5.74, 6) is -0.530. The molecule has 1 aromatic rings. The minimum Gasteiger partial charge on any atom is -0.492 e. The Bertz CT molecular complexity index is 580. The van der Waals surface area contributed by atoms with Gasteiger partial charge in [0.1, 0.15) is 18.1 Å². The molecule has 0 amide bonds. The minimum atomic E-state index is -4.80. The van der Waals surface area contributed by atoms with Crippen molar-refractivity contribution in [3.8, 4) is 5.75 Å². The summed E-state index contributed by atoms with van der Waals surface area (Å²) in [5, 5.41) is 10.5. The maximum absolute atomic E-state index is 12.4. The number of nitrogens with zero attached hydrogens (tertiary/aromatic N) is 1. The fraction of sp³-hybridized carbons (Fsp3) is 0.300. The Kier molecular flexibility index (Phi) is 4.95. The molecule has 6 nitrogen and oxygen atoms in total. The predicted octanol–water partition coefficient (Wildman–Crippen LogP) is 1.69. The number of hydrogen-bond acceptors (Lipinski definition) is 5. The monoisotopic (exact) mass is 313 g/mol. The van der Waals surface area contributed by atoms with Gasteiger partial charge in [-0.2, -0.15) is 21.6 Å². The van der Waals surface area contributed by atoms with Crippen LogP contribution in [0.2, 0.25) is 0 Å². The molecule has 1 aromatic carbocycles. The highest BCUT2D eigenvalue weighted by Gasteiger charge is 2.37. The Labute approximate surface area is 112 Å². The van der Waals surface area contributed by atoms with Crippen LogP contribution in [0.5, 0.6) is 5.75 Å². The Morgan fingerprint density at radius 1 is 1.25 bits per heavy atom. The molecule has 0 spiro atoms. The van der Waals surface area contributed by atoms with Gasteiger partial charge in [-0.15, -0.1) is 0 Å². The first-order chi connectivity index (χ1) is 9.13. The maximum atomic E-state index is 12.4. The highest BCUT2D eigenvalue weighted by atomic mass is 32.2. The summed E-state index contributed by atoms with van der Waals surface area (Å²) in [6.45, 7) is -0.349. The van der Waals surface area contributed by atoms with Gasteiger partial charge in [-0.1, -0.05) is 5.16 Å². The van der Waals surface area contributed by atoms with Crippen molar-refractivity contribution in [2.24, 2.45) is 5.16 Å². The second-order valence-electron chi connectivity index (χ2n) is 3.61. The molecule has 10 heteroatoms. The van der Waals surface area contributed by atoms with E-state index in [4.69, 9.17) is 14.5 Å². The van der Waals surface area contributed by atoms with Crippen molar-refractivity contribution in [3.63, 3.8) is 0 Å². The van der Waals surface area contributed by atoms with Crippen LogP contribution < -0.4 is 4.74 Å². The molecule has 2 N–H and O–H groups in total. The lowest BCUT2D eigenvalue weighted by Gasteiger charge is -2.09. The molecule has 0 saturated heterocycles. The third-order valence-corrected chi connectivity index (χ3v) is 2.79. The number of halogens is 3. The van der Waals surface area contributed by atoms with Crippen LogP contribution in [-0.2, 0) is 10.1 Å². The zero-order valence-electron chi connectivity index (χ0n) is 9.83. The standard InChI is InChI=1S/C10H10F3NO5S/c11-10(12,13)9(14-15)7-1-3-8(4-2-7)19-5-6-20(16,17)18/h1-4,15H,5-6H2,(H,16,17,18). The van der Waals surface area contributed by atoms with Gasteiger partial charge in [0.05, 0.1) is 0 Å². The van der Waals surface area contributed by atoms with Crippen LogP contribution in [0.1, 0.15) is 5.56 Å². The van der Waals surface area contributed by atoms with Crippen LogP contribution in [-0.4, -0.2) is 42.4 Å². The zero-order chi connectivity index (χ0) is 15.4. The molecule has 112 valence electrons. The van der Waals surface area contributed by atoms with Crippen molar-refractivity contribution < 1.29 is 36.1 Å². The zero-order valence-corrected chi connectivity index (χ0v) is 10.6. The largest absolute Gasteiger partial charge is 0.492 e. The van der Waals surface area contributed by atoms with E-state index < -0.39 is 27.8 Å². The van der Waals surface area contributed by atoms with E-state index in [1.807, 2.05) is 0 Å². The highest BCUT2D eigenvalue weighted by Crippen LogP contribution is 2.23. The number of rotatable bonds is 5. The molecule has 0 unspecified atom stereocenters. The number of benzene rings is 1. The van der Waals surface area contributed by atoms with Gasteiger partial charge in [-0.05, 0) is 24.3 Å². The van der Waals surface area contributed by atoms with Crippen LogP contribution >= 0.6 is 0 Å². The number of oxime groups is 1. The van der Waals surface area contributed by atoms with Crippen LogP contribution in [0.3, 0.4) is 0 Å². The molecule has 0 fully saturated rings. The predicted molar refractivity (Wildman–Crippen MR) is 62.7 cm³/mol. The van der Waals surface area contributed by atoms with Crippen molar-refractivity contribution in [1.29, 1.82) is 0 Å². The summed E-state index contributed by atoms with van der Waals surface area (Å²) >= 11 is 0. The molecule has 0 radical (unpaired) electrons. The van der Waals surface area contributed by atoms with Gasteiger partial charge in [-0.3, -0.25) is 4.55 Å². The second-order valence-corrected chi connectivity index (χ2v) is 5.18. The van der Waals surface area contributed by atoms with Gasteiger partial charge < -0.3 is 9.94 Å². The first-order valence-corrected chi connectivity index (χ1v) is 6.72. The van der Waals surface area contributed by atoms with Crippen molar-refractivity contribution in [2.75, 3.05) is 12.4 Å². The molecular weight excluding hydrogens is 303 g/mol. The van der Waals surface area contributed by atoms with Gasteiger partial charge in [0.2, 0.25) is 0 Å². The summed E-state index contributed by atoms with van der Waals surface area (Å²) < 4.78 is 71.5. The molecule has 0 saturated carbocycles. The molecule has 0 bridgehead atoms. The lowest BCUT2D eigenvalue weighted by atomic mass is 10.1. The van der Waals surface area contributed by atoms with E-state index in [9.17, 15) is 21.6 Å². The first-order valence-electron chi connectivity index (χ1n) is 5.11. The molecule has 0 atom stereocenters. The minimum absolute atomic E-state index is 0.108. The normalized spacial score (nSPS) is 13.3. The number of ether oxygens (including phenoxy) is 1. The van der Waals surface area contributed by atoms with Gasteiger partial charge in [0.25, 0.3) is 10.1 Å². The molecule has 0 aliphatic heterocycles. The molecule has 20 heavy (non-hydrogen) atoms. The molecule has 0 aromatic heterocycles. The Morgan fingerprint density at radius 2 is 1.80 bits per heavy atom. The van der Waals surface area contributed by atoms with E-state index in [2.05, 4.69) is 5.16 Å². The fourth-order valence-corrected chi connectivity index (χ4v) is 1.55. The molecule has 1 rings (SSSR count). The van der Waals surface area contributed by atoms with Gasteiger partial charge in [0.15, 0.2) is 5.71 Å². The van der Waals surface area contributed by atoms with Crippen molar-refractivity contribution in [3.05, 3.63) is 29.8 Å². The van der Waals surface area contributed by atoms with E-state index in [0.29, 0.717) is 0 Å². The van der Waals surface area contributed by atoms with E-state index >= 15 is 0 Å². The number of hydrogen-bond donors (Lipinski definition) is 2. The lowest BCUT2D eigenvalue weighted by Crippen LogP contribution is -2.24. The van der Waals surface area contributed by atoms with Crippen molar-refractivity contribution >= 4 is 15.8 Å². The Morgan fingerprint density at radius 3 is 2.20 bits per heavy atom. The topological polar surface area (TPSA) is 96.2 Å². The van der Waals surface area contributed by atoms with Crippen LogP contribution in [0.25, 0.3) is 0 Å². The highest BCUT2D eigenvalue weighted by molar-refractivity contribution is 7.85. The van der Waals surface area contributed by atoms with Gasteiger partial charge in [0, 0.05) is 5.56 Å². The molecule has 0 aliphatic carbocycles. The number of alkyl halides is 3. The quantitative estimate of drug-likeness (QED) is 0.373. The molecule has 0 aliphatic rings. The summed E-state index contributed by atoms with van der Waals surface area (Å²) in [7, 11) is -4.17. The van der Waals surface area contributed by atoms with E-state index in [1.165, 1.54) is 0 Å². The van der Waals surface area contributed by atoms with Gasteiger partial charge >= 0.3 is 6.18 Å². The average Bonchev–Trinajstić information content (AvgIpc) is 2.28. The van der Waals surface area contributed by atoms with E-state index in [1.54, 1.807) is 0 Å². The molecule has 0 heterocycles. The van der Waals surface area contributed by atoms with Crippen LogP contribution in [0.15, 0.2) is 29.4 Å². The third kappa shape index (κ3) is 5.05. The Hall–Kier alpha value is -1.81. The summed E-state index contributed by atoms with van der Waals surface area (Å²) in [6.07, 6.45) is -4.80. The molecular formula is C10H10F3NO5S. The fourth-order valence-electron chi connectivity index (χ4n) is 1.25. The van der Waals surface area contributed by atoms with E-state index in [-0.39, 0.29) is 17.9 Å². The summed E-state index contributed by atoms with van der Waals surface area (Å²) in [5.41, 5.74) is -1.83. The van der Waals surface area contributed by atoms with Crippen LogP contribution in [0, 0.1) is 0 Å². The first kappa shape index (κ1) is 16.2. The second kappa shape index (κ2) is 6.09. The average molecular weight is 313 g/mol. The van der Waals surface area contributed by atoms with Crippen molar-refractivity contribution in [2.45, 2.75) is 6.18 Å². The lowest BCUT2D eigenvalue weighted by molar-refractivity contribution is -0.0601. The SMILES string of the molecule is O=S(=O)(O)CCOc1ccc(C(=NO)C(F)(F)F)cc1. The van der Waals surface area contributed by atoms with E-state index in [0.717, 1.165) is 24.3 Å². The summed E-state index contributed by atoms with van der Waals surface area (Å²) in [4.78, 5) is 0.